The minimum absolute atomic E-state index is 0.324. The first-order chi connectivity index (χ1) is 12.8. The molecule has 4 amide bonds. The molecule has 0 saturated carbocycles. The summed E-state index contributed by atoms with van der Waals surface area (Å²) < 4.78 is 5.27. The maximum absolute atomic E-state index is 12.7. The van der Waals surface area contributed by atoms with E-state index in [9.17, 15) is 14.4 Å². The maximum atomic E-state index is 12.7. The fraction of sp³-hybridized carbons (Fsp3) is 0.350. The monoisotopic (exact) mass is 369 g/mol. The van der Waals surface area contributed by atoms with Crippen LogP contribution in [0.2, 0.25) is 0 Å². The van der Waals surface area contributed by atoms with E-state index < -0.39 is 23.4 Å². The molecular formula is C20H23N3O4. The van der Waals surface area contributed by atoms with Gasteiger partial charge in [0, 0.05) is 5.69 Å². The molecule has 1 aliphatic rings. The van der Waals surface area contributed by atoms with Crippen molar-refractivity contribution in [1.29, 1.82) is 0 Å². The van der Waals surface area contributed by atoms with Crippen molar-refractivity contribution in [3.8, 4) is 0 Å². The zero-order valence-corrected chi connectivity index (χ0v) is 15.6. The predicted octanol–water partition coefficient (Wildman–Crippen LogP) is 3.20. The van der Waals surface area contributed by atoms with Crippen LogP contribution in [0.5, 0.6) is 0 Å². The van der Waals surface area contributed by atoms with Gasteiger partial charge in [0.25, 0.3) is 5.91 Å². The number of carbonyl (C=O) groups excluding carboxylic acids is 3. The highest BCUT2D eigenvalue weighted by Crippen LogP contribution is 2.29. The van der Waals surface area contributed by atoms with Crippen molar-refractivity contribution >= 4 is 23.5 Å². The van der Waals surface area contributed by atoms with E-state index >= 15 is 0 Å². The number of imide groups is 1. The van der Waals surface area contributed by atoms with Crippen molar-refractivity contribution in [2.24, 2.45) is 0 Å². The summed E-state index contributed by atoms with van der Waals surface area (Å²) in [6.07, 6.45) is 2.46. The lowest BCUT2D eigenvalue weighted by molar-refractivity contribution is -0.134. The Morgan fingerprint density at radius 2 is 1.96 bits per heavy atom. The second-order valence-corrected chi connectivity index (χ2v) is 6.90. The molecule has 0 bridgehead atoms. The van der Waals surface area contributed by atoms with Crippen molar-refractivity contribution in [3.05, 3.63) is 54.0 Å². The minimum Gasteiger partial charge on any atom is -0.466 e. The average Bonchev–Trinajstić information content (AvgIpc) is 3.26. The Bertz CT molecular complexity index is 845. The number of hydrogen-bond acceptors (Lipinski definition) is 4. The van der Waals surface area contributed by atoms with E-state index in [1.165, 1.54) is 11.8 Å². The zero-order valence-electron chi connectivity index (χ0n) is 15.6. The molecule has 0 spiro atoms. The number of anilines is 1. The molecule has 0 radical (unpaired) electrons. The zero-order chi connectivity index (χ0) is 19.6. The maximum Gasteiger partial charge on any atom is 0.325 e. The van der Waals surface area contributed by atoms with Crippen LogP contribution < -0.4 is 10.6 Å². The lowest BCUT2D eigenvalue weighted by atomic mass is 9.98. The quantitative estimate of drug-likeness (QED) is 0.765. The standard InChI is InChI=1S/C20H23N3O4/c1-4-13(2)14-7-9-15(10-8-14)21-17(24)12-23-18(25)20(3,22-19(23)26)16-6-5-11-27-16/h5-11,13H,4,12H2,1-3H3,(H,21,24)(H,22,26)/t13-,20-/m1/s1. The van der Waals surface area contributed by atoms with Gasteiger partial charge < -0.3 is 15.1 Å². The summed E-state index contributed by atoms with van der Waals surface area (Å²) in [6.45, 7) is 5.45. The van der Waals surface area contributed by atoms with Crippen molar-refractivity contribution in [2.75, 3.05) is 11.9 Å². The van der Waals surface area contributed by atoms with Gasteiger partial charge in [-0.2, -0.15) is 0 Å². The molecule has 7 heteroatoms. The van der Waals surface area contributed by atoms with Gasteiger partial charge in [0.1, 0.15) is 12.3 Å². The molecule has 1 fully saturated rings. The van der Waals surface area contributed by atoms with E-state index in [1.54, 1.807) is 19.1 Å². The number of hydrogen-bond donors (Lipinski definition) is 2. The Kier molecular flexibility index (Phi) is 5.03. The molecule has 2 N–H and O–H groups in total. The van der Waals surface area contributed by atoms with Gasteiger partial charge in [-0.1, -0.05) is 26.0 Å². The fourth-order valence-corrected chi connectivity index (χ4v) is 3.05. The number of carbonyl (C=O) groups is 3. The molecule has 2 heterocycles. The second-order valence-electron chi connectivity index (χ2n) is 6.90. The van der Waals surface area contributed by atoms with Gasteiger partial charge in [-0.3, -0.25) is 14.5 Å². The molecule has 1 aromatic heterocycles. The van der Waals surface area contributed by atoms with Crippen LogP contribution in [0.15, 0.2) is 47.1 Å². The smallest absolute Gasteiger partial charge is 0.325 e. The van der Waals surface area contributed by atoms with Gasteiger partial charge in [-0.05, 0) is 49.1 Å². The highest BCUT2D eigenvalue weighted by molar-refractivity contribution is 6.10. The van der Waals surface area contributed by atoms with Crippen LogP contribution in [0.1, 0.15) is 44.4 Å². The molecule has 2 aromatic rings. The van der Waals surface area contributed by atoms with Crippen LogP contribution in [0.3, 0.4) is 0 Å². The first kappa shape index (κ1) is 18.7. The first-order valence-corrected chi connectivity index (χ1v) is 8.93. The van der Waals surface area contributed by atoms with Crippen LogP contribution in [-0.4, -0.2) is 29.3 Å². The molecule has 1 aliphatic heterocycles. The predicted molar refractivity (Wildman–Crippen MR) is 100 cm³/mol. The molecule has 7 nitrogen and oxygen atoms in total. The average molecular weight is 369 g/mol. The van der Waals surface area contributed by atoms with E-state index in [0.717, 1.165) is 11.3 Å². The Labute approximate surface area is 157 Å². The van der Waals surface area contributed by atoms with E-state index in [4.69, 9.17) is 4.42 Å². The van der Waals surface area contributed by atoms with Crippen molar-refractivity contribution < 1.29 is 18.8 Å². The number of rotatable bonds is 6. The van der Waals surface area contributed by atoms with Crippen LogP contribution in [0.25, 0.3) is 0 Å². The van der Waals surface area contributed by atoms with E-state index in [-0.39, 0.29) is 6.54 Å². The molecule has 1 aromatic carbocycles. The highest BCUT2D eigenvalue weighted by Gasteiger charge is 2.51. The van der Waals surface area contributed by atoms with Gasteiger partial charge >= 0.3 is 6.03 Å². The first-order valence-electron chi connectivity index (χ1n) is 8.93. The number of nitrogens with zero attached hydrogens (tertiary/aromatic N) is 1. The van der Waals surface area contributed by atoms with E-state index in [2.05, 4.69) is 24.5 Å². The van der Waals surface area contributed by atoms with Crippen molar-refractivity contribution in [3.63, 3.8) is 0 Å². The Balaban J connectivity index is 1.66. The number of nitrogens with one attached hydrogen (secondary N) is 2. The molecule has 27 heavy (non-hydrogen) atoms. The number of benzene rings is 1. The number of urea groups is 1. The SMILES string of the molecule is CC[C@@H](C)c1ccc(NC(=O)CN2C(=O)N[C@](C)(c3ccco3)C2=O)cc1. The summed E-state index contributed by atoms with van der Waals surface area (Å²) in [7, 11) is 0. The van der Waals surface area contributed by atoms with Crippen molar-refractivity contribution in [1.82, 2.24) is 10.2 Å². The van der Waals surface area contributed by atoms with E-state index in [0.29, 0.717) is 17.4 Å². The third-order valence-electron chi connectivity index (χ3n) is 4.97. The summed E-state index contributed by atoms with van der Waals surface area (Å²) in [5.41, 5.74) is 0.505. The van der Waals surface area contributed by atoms with Crippen molar-refractivity contribution in [2.45, 2.75) is 38.6 Å². The third kappa shape index (κ3) is 3.58. The Morgan fingerprint density at radius 1 is 1.26 bits per heavy atom. The lowest BCUT2D eigenvalue weighted by Crippen LogP contribution is -2.41. The summed E-state index contributed by atoms with van der Waals surface area (Å²) >= 11 is 0. The largest absolute Gasteiger partial charge is 0.466 e. The lowest BCUT2D eigenvalue weighted by Gasteiger charge is -2.18. The van der Waals surface area contributed by atoms with Crippen LogP contribution in [0, 0.1) is 0 Å². The summed E-state index contributed by atoms with van der Waals surface area (Å²) in [5.74, 6) is -0.201. The number of amides is 4. The molecular weight excluding hydrogens is 346 g/mol. The fourth-order valence-electron chi connectivity index (χ4n) is 3.05. The second kappa shape index (κ2) is 7.26. The molecule has 0 aliphatic carbocycles. The van der Waals surface area contributed by atoms with Gasteiger partial charge in [0.15, 0.2) is 5.54 Å². The Hall–Kier alpha value is -3.09. The van der Waals surface area contributed by atoms with Gasteiger partial charge in [0.2, 0.25) is 5.91 Å². The van der Waals surface area contributed by atoms with Gasteiger partial charge in [-0.15, -0.1) is 0 Å². The molecule has 0 unspecified atom stereocenters. The molecule has 142 valence electrons. The summed E-state index contributed by atoms with van der Waals surface area (Å²) in [6, 6.07) is 10.2. The van der Waals surface area contributed by atoms with Gasteiger partial charge in [-0.25, -0.2) is 4.79 Å². The normalized spacial score (nSPS) is 20.5. The van der Waals surface area contributed by atoms with Crippen LogP contribution in [-0.2, 0) is 15.1 Å². The summed E-state index contributed by atoms with van der Waals surface area (Å²) in [4.78, 5) is 38.1. The Morgan fingerprint density at radius 3 is 2.56 bits per heavy atom. The highest BCUT2D eigenvalue weighted by atomic mass is 16.3. The van der Waals surface area contributed by atoms with E-state index in [1.807, 2.05) is 24.3 Å². The number of furan rings is 1. The minimum atomic E-state index is -1.31. The van der Waals surface area contributed by atoms with Crippen LogP contribution >= 0.6 is 0 Å². The molecule has 2 atom stereocenters. The molecule has 3 rings (SSSR count). The topological polar surface area (TPSA) is 91.7 Å². The van der Waals surface area contributed by atoms with Gasteiger partial charge in [0.05, 0.1) is 6.26 Å². The molecule has 1 saturated heterocycles. The summed E-state index contributed by atoms with van der Waals surface area (Å²) in [5, 5.41) is 5.31. The third-order valence-corrected chi connectivity index (χ3v) is 4.97. The van der Waals surface area contributed by atoms with Crippen LogP contribution in [0.4, 0.5) is 10.5 Å².